The van der Waals surface area contributed by atoms with Crippen molar-refractivity contribution in [3.8, 4) is 0 Å². The number of nitrogens with one attached hydrogen (secondary N) is 1. The molecule has 2 atom stereocenters. The minimum Gasteiger partial charge on any atom is -0.384 e. The number of hydrogen-bond donors (Lipinski definition) is 2. The maximum absolute atomic E-state index is 13.0. The highest BCUT2D eigenvalue weighted by atomic mass is 16.3. The number of piperidine rings is 1. The van der Waals surface area contributed by atoms with E-state index in [9.17, 15) is 14.7 Å². The second kappa shape index (κ2) is 9.02. The highest BCUT2D eigenvalue weighted by molar-refractivity contribution is 5.95. The van der Waals surface area contributed by atoms with Crippen molar-refractivity contribution in [2.24, 2.45) is 5.41 Å². The van der Waals surface area contributed by atoms with Gasteiger partial charge in [0.15, 0.2) is 0 Å². The molecule has 1 aromatic heterocycles. The van der Waals surface area contributed by atoms with Crippen LogP contribution in [0.25, 0.3) is 0 Å². The number of pyridine rings is 1. The first kappa shape index (κ1) is 23.9. The van der Waals surface area contributed by atoms with Crippen LogP contribution in [0.2, 0.25) is 0 Å². The SMILES string of the molecule is Cc1ccc([C@@]2(O)CCN(C(=O)C[C@@H](C)NC(=O)c3cnc(C)cc3C)CC2(C)C)cc1. The summed E-state index contributed by atoms with van der Waals surface area (Å²) in [4.78, 5) is 31.6. The van der Waals surface area contributed by atoms with Crippen molar-refractivity contribution in [2.45, 2.75) is 66.0 Å². The smallest absolute Gasteiger partial charge is 0.253 e. The molecular formula is C26H35N3O3. The number of likely N-dealkylation sites (tertiary alicyclic amines) is 1. The number of hydrogen-bond acceptors (Lipinski definition) is 4. The number of carbonyl (C=O) groups excluding carboxylic acids is 2. The lowest BCUT2D eigenvalue weighted by Crippen LogP contribution is -2.57. The van der Waals surface area contributed by atoms with Gasteiger partial charge >= 0.3 is 0 Å². The van der Waals surface area contributed by atoms with Crippen LogP contribution in [0.3, 0.4) is 0 Å². The Kier molecular flexibility index (Phi) is 6.75. The molecule has 0 bridgehead atoms. The first-order chi connectivity index (χ1) is 14.9. The van der Waals surface area contributed by atoms with Crippen LogP contribution in [-0.2, 0) is 10.4 Å². The highest BCUT2D eigenvalue weighted by Crippen LogP contribution is 2.46. The maximum atomic E-state index is 13.0. The average Bonchev–Trinajstić information content (AvgIpc) is 2.70. The molecule has 1 aliphatic rings. The van der Waals surface area contributed by atoms with Crippen molar-refractivity contribution in [1.82, 2.24) is 15.2 Å². The Bertz CT molecular complexity index is 1000. The Morgan fingerprint density at radius 3 is 2.44 bits per heavy atom. The molecule has 1 aromatic carbocycles. The lowest BCUT2D eigenvalue weighted by atomic mass is 9.66. The van der Waals surface area contributed by atoms with E-state index < -0.39 is 11.0 Å². The van der Waals surface area contributed by atoms with Crippen LogP contribution >= 0.6 is 0 Å². The fraction of sp³-hybridized carbons (Fsp3) is 0.500. The van der Waals surface area contributed by atoms with E-state index in [1.54, 1.807) is 6.20 Å². The van der Waals surface area contributed by atoms with Gasteiger partial charge < -0.3 is 15.3 Å². The van der Waals surface area contributed by atoms with Crippen LogP contribution in [0.15, 0.2) is 36.5 Å². The van der Waals surface area contributed by atoms with Gasteiger partial charge in [-0.15, -0.1) is 0 Å². The van der Waals surface area contributed by atoms with Crippen molar-refractivity contribution in [3.05, 3.63) is 64.5 Å². The number of aliphatic hydroxyl groups is 1. The Labute approximate surface area is 191 Å². The Hall–Kier alpha value is -2.73. The molecule has 1 saturated heterocycles. The standard InChI is InChI=1S/C26H35N3O3/c1-17-7-9-21(10-8-17)26(32)11-12-29(16-25(26,5)6)23(30)14-20(4)28-24(31)22-15-27-19(3)13-18(22)2/h7-10,13,15,20,32H,11-12,14,16H2,1-6H3,(H,28,31)/t20-,26+/m1/s1. The van der Waals surface area contributed by atoms with Gasteiger partial charge in [-0.1, -0.05) is 43.7 Å². The molecule has 2 amide bonds. The zero-order chi connectivity index (χ0) is 23.7. The third kappa shape index (κ3) is 4.85. The number of aromatic nitrogens is 1. The molecule has 0 unspecified atom stereocenters. The van der Waals surface area contributed by atoms with Gasteiger partial charge in [0.2, 0.25) is 5.91 Å². The van der Waals surface area contributed by atoms with Crippen LogP contribution in [-0.4, -0.2) is 45.9 Å². The fourth-order valence-electron chi connectivity index (χ4n) is 4.58. The van der Waals surface area contributed by atoms with Gasteiger partial charge in [0, 0.05) is 42.9 Å². The third-order valence-electron chi connectivity index (χ3n) is 6.68. The van der Waals surface area contributed by atoms with Crippen molar-refractivity contribution in [1.29, 1.82) is 0 Å². The summed E-state index contributed by atoms with van der Waals surface area (Å²) in [6.45, 7) is 12.6. The number of rotatable bonds is 5. The van der Waals surface area contributed by atoms with Crippen molar-refractivity contribution < 1.29 is 14.7 Å². The Morgan fingerprint density at radius 1 is 1.19 bits per heavy atom. The summed E-state index contributed by atoms with van der Waals surface area (Å²) in [5.74, 6) is -0.237. The summed E-state index contributed by atoms with van der Waals surface area (Å²) in [7, 11) is 0. The molecule has 0 radical (unpaired) electrons. The average molecular weight is 438 g/mol. The summed E-state index contributed by atoms with van der Waals surface area (Å²) in [5, 5.41) is 14.5. The van der Waals surface area contributed by atoms with Crippen molar-refractivity contribution in [3.63, 3.8) is 0 Å². The molecule has 2 heterocycles. The molecule has 1 aliphatic heterocycles. The topological polar surface area (TPSA) is 82.5 Å². The predicted molar refractivity (Wildman–Crippen MR) is 125 cm³/mol. The zero-order valence-corrected chi connectivity index (χ0v) is 20.0. The van der Waals surface area contributed by atoms with E-state index in [0.717, 1.165) is 22.4 Å². The van der Waals surface area contributed by atoms with E-state index in [2.05, 4.69) is 10.3 Å². The van der Waals surface area contributed by atoms with Crippen molar-refractivity contribution >= 4 is 11.8 Å². The molecule has 0 saturated carbocycles. The quantitative estimate of drug-likeness (QED) is 0.748. The number of aryl methyl sites for hydroxylation is 3. The maximum Gasteiger partial charge on any atom is 0.253 e. The summed E-state index contributed by atoms with van der Waals surface area (Å²) in [6, 6.07) is 9.54. The van der Waals surface area contributed by atoms with Gasteiger partial charge in [0.05, 0.1) is 11.2 Å². The molecule has 6 nitrogen and oxygen atoms in total. The third-order valence-corrected chi connectivity index (χ3v) is 6.68. The van der Waals surface area contributed by atoms with Gasteiger partial charge in [-0.05, 0) is 51.3 Å². The Morgan fingerprint density at radius 2 is 1.84 bits per heavy atom. The van der Waals surface area contributed by atoms with E-state index in [1.807, 2.05) is 76.8 Å². The van der Waals surface area contributed by atoms with Crippen LogP contribution < -0.4 is 5.32 Å². The molecule has 0 aliphatic carbocycles. The van der Waals surface area contributed by atoms with Gasteiger partial charge in [-0.25, -0.2) is 0 Å². The minimum atomic E-state index is -0.993. The summed E-state index contributed by atoms with van der Waals surface area (Å²) in [5.41, 5.74) is 2.79. The number of nitrogens with zero attached hydrogens (tertiary/aromatic N) is 2. The molecule has 0 spiro atoms. The predicted octanol–water partition coefficient (Wildman–Crippen LogP) is 3.66. The number of benzene rings is 1. The first-order valence-corrected chi connectivity index (χ1v) is 11.2. The van der Waals surface area contributed by atoms with Gasteiger partial charge in [0.1, 0.15) is 0 Å². The van der Waals surface area contributed by atoms with E-state index in [0.29, 0.717) is 25.1 Å². The van der Waals surface area contributed by atoms with Gasteiger partial charge in [0.25, 0.3) is 5.91 Å². The molecule has 32 heavy (non-hydrogen) atoms. The number of carbonyl (C=O) groups is 2. The van der Waals surface area contributed by atoms with Gasteiger partial charge in [-0.2, -0.15) is 0 Å². The molecule has 1 fully saturated rings. The van der Waals surface area contributed by atoms with Crippen LogP contribution in [0.4, 0.5) is 0 Å². The first-order valence-electron chi connectivity index (χ1n) is 11.2. The summed E-state index contributed by atoms with van der Waals surface area (Å²) < 4.78 is 0. The minimum absolute atomic E-state index is 0.0180. The molecular weight excluding hydrogens is 402 g/mol. The lowest BCUT2D eigenvalue weighted by Gasteiger charge is -2.50. The molecule has 2 aromatic rings. The second-order valence-electron chi connectivity index (χ2n) is 9.89. The fourth-order valence-corrected chi connectivity index (χ4v) is 4.58. The monoisotopic (exact) mass is 437 g/mol. The normalized spacial score (nSPS) is 21.2. The van der Waals surface area contributed by atoms with E-state index >= 15 is 0 Å². The second-order valence-corrected chi connectivity index (χ2v) is 9.89. The van der Waals surface area contributed by atoms with E-state index in [1.165, 1.54) is 0 Å². The molecule has 172 valence electrons. The van der Waals surface area contributed by atoms with E-state index in [4.69, 9.17) is 0 Å². The molecule has 3 rings (SSSR count). The highest BCUT2D eigenvalue weighted by Gasteiger charge is 2.49. The molecule has 6 heteroatoms. The Balaban J connectivity index is 1.62. The zero-order valence-electron chi connectivity index (χ0n) is 20.0. The molecule has 2 N–H and O–H groups in total. The summed E-state index contributed by atoms with van der Waals surface area (Å²) >= 11 is 0. The number of amides is 2. The van der Waals surface area contributed by atoms with E-state index in [-0.39, 0.29) is 24.3 Å². The van der Waals surface area contributed by atoms with Crippen LogP contribution in [0.5, 0.6) is 0 Å². The van der Waals surface area contributed by atoms with Crippen LogP contribution in [0, 0.1) is 26.2 Å². The van der Waals surface area contributed by atoms with Crippen LogP contribution in [0.1, 0.15) is 66.4 Å². The lowest BCUT2D eigenvalue weighted by molar-refractivity contribution is -0.153. The largest absolute Gasteiger partial charge is 0.384 e. The van der Waals surface area contributed by atoms with Gasteiger partial charge in [-0.3, -0.25) is 14.6 Å². The summed E-state index contributed by atoms with van der Waals surface area (Å²) in [6.07, 6.45) is 2.26. The van der Waals surface area contributed by atoms with Crippen molar-refractivity contribution in [2.75, 3.05) is 13.1 Å².